The lowest BCUT2D eigenvalue weighted by molar-refractivity contribution is 0.0713. The van der Waals surface area contributed by atoms with Crippen LogP contribution in [0.4, 0.5) is 10.2 Å². The van der Waals surface area contributed by atoms with Crippen molar-refractivity contribution >= 4 is 11.7 Å². The van der Waals surface area contributed by atoms with Gasteiger partial charge in [-0.15, -0.1) is 0 Å². The molecule has 2 aromatic rings. The maximum absolute atomic E-state index is 13.9. The SMILES string of the molecule is CN(C)c1cc(C(=O)N2C[C@@H](c3cccc(F)c3)[C@@H]3NCCCCC[C@H]32)ccn1. The number of amides is 1. The summed E-state index contributed by atoms with van der Waals surface area (Å²) in [6.07, 6.45) is 6.09. The molecular weight excluding hydrogens is 367 g/mol. The van der Waals surface area contributed by atoms with Gasteiger partial charge in [0.1, 0.15) is 11.6 Å². The quantitative estimate of drug-likeness (QED) is 0.864. The summed E-state index contributed by atoms with van der Waals surface area (Å²) in [4.78, 5) is 21.7. The van der Waals surface area contributed by atoms with Crippen molar-refractivity contribution in [3.8, 4) is 0 Å². The zero-order valence-electron chi connectivity index (χ0n) is 17.1. The van der Waals surface area contributed by atoms with Gasteiger partial charge in [0.05, 0.1) is 0 Å². The van der Waals surface area contributed by atoms with Gasteiger partial charge in [-0.3, -0.25) is 4.79 Å². The van der Waals surface area contributed by atoms with E-state index in [1.54, 1.807) is 24.4 Å². The van der Waals surface area contributed by atoms with Gasteiger partial charge < -0.3 is 15.1 Å². The molecule has 29 heavy (non-hydrogen) atoms. The smallest absolute Gasteiger partial charge is 0.254 e. The van der Waals surface area contributed by atoms with E-state index in [1.165, 1.54) is 12.5 Å². The molecule has 2 fully saturated rings. The molecule has 6 heteroatoms. The van der Waals surface area contributed by atoms with Crippen molar-refractivity contribution in [3.05, 3.63) is 59.5 Å². The molecule has 0 spiro atoms. The number of halogens is 1. The minimum atomic E-state index is -0.223. The number of carbonyl (C=O) groups is 1. The fourth-order valence-electron chi connectivity index (χ4n) is 4.71. The fourth-order valence-corrected chi connectivity index (χ4v) is 4.71. The normalized spacial score (nSPS) is 24.5. The third-order valence-electron chi connectivity index (χ3n) is 6.19. The summed E-state index contributed by atoms with van der Waals surface area (Å²) in [5.74, 6) is 0.670. The molecule has 0 radical (unpaired) electrons. The molecule has 3 atom stereocenters. The van der Waals surface area contributed by atoms with Crippen molar-refractivity contribution in [2.75, 3.05) is 32.1 Å². The molecule has 1 N–H and O–H groups in total. The Hall–Kier alpha value is -2.47. The van der Waals surface area contributed by atoms with Crippen molar-refractivity contribution in [3.63, 3.8) is 0 Å². The van der Waals surface area contributed by atoms with E-state index in [0.29, 0.717) is 12.1 Å². The molecular formula is C23H29FN4O. The van der Waals surface area contributed by atoms with Crippen LogP contribution in [0.3, 0.4) is 0 Å². The summed E-state index contributed by atoms with van der Waals surface area (Å²) in [6.45, 7) is 1.54. The average molecular weight is 397 g/mol. The van der Waals surface area contributed by atoms with Crippen LogP contribution in [0.5, 0.6) is 0 Å². The number of nitrogens with one attached hydrogen (secondary N) is 1. The number of rotatable bonds is 3. The van der Waals surface area contributed by atoms with Gasteiger partial charge in [0, 0.05) is 50.4 Å². The van der Waals surface area contributed by atoms with Gasteiger partial charge in [0.25, 0.3) is 5.91 Å². The maximum atomic E-state index is 13.9. The molecule has 5 nitrogen and oxygen atoms in total. The lowest BCUT2D eigenvalue weighted by Crippen LogP contribution is -2.47. The zero-order chi connectivity index (χ0) is 20.4. The summed E-state index contributed by atoms with van der Waals surface area (Å²) in [6, 6.07) is 10.7. The number of fused-ring (bicyclic) bond motifs is 1. The second-order valence-corrected chi connectivity index (χ2v) is 8.31. The van der Waals surface area contributed by atoms with Crippen LogP contribution in [0.25, 0.3) is 0 Å². The number of carbonyl (C=O) groups excluding carboxylic acids is 1. The van der Waals surface area contributed by atoms with Crippen LogP contribution in [0.1, 0.15) is 47.5 Å². The predicted octanol–water partition coefficient (Wildman–Crippen LogP) is 3.43. The fraction of sp³-hybridized carbons (Fsp3) is 0.478. The Morgan fingerprint density at radius 2 is 2.07 bits per heavy atom. The van der Waals surface area contributed by atoms with Crippen LogP contribution < -0.4 is 10.2 Å². The van der Waals surface area contributed by atoms with Crippen LogP contribution in [0, 0.1) is 5.82 Å². The average Bonchev–Trinajstić information content (AvgIpc) is 3.04. The zero-order valence-corrected chi connectivity index (χ0v) is 17.1. The Morgan fingerprint density at radius 1 is 1.21 bits per heavy atom. The number of aromatic nitrogens is 1. The molecule has 2 aliphatic heterocycles. The van der Waals surface area contributed by atoms with Crippen LogP contribution in [-0.2, 0) is 0 Å². The van der Waals surface area contributed by atoms with Gasteiger partial charge in [-0.1, -0.05) is 25.0 Å². The first kappa shape index (κ1) is 19.8. The van der Waals surface area contributed by atoms with E-state index in [0.717, 1.165) is 37.2 Å². The highest BCUT2D eigenvalue weighted by Crippen LogP contribution is 2.36. The first-order chi connectivity index (χ1) is 14.0. The molecule has 1 aromatic carbocycles. The first-order valence-electron chi connectivity index (χ1n) is 10.5. The second kappa shape index (κ2) is 8.49. The van der Waals surface area contributed by atoms with Crippen molar-refractivity contribution in [2.45, 2.75) is 43.7 Å². The summed E-state index contributed by atoms with van der Waals surface area (Å²) in [7, 11) is 3.84. The van der Waals surface area contributed by atoms with Gasteiger partial charge in [-0.05, 0) is 49.2 Å². The van der Waals surface area contributed by atoms with Crippen LogP contribution >= 0.6 is 0 Å². The van der Waals surface area contributed by atoms with E-state index in [-0.39, 0.29) is 29.7 Å². The largest absolute Gasteiger partial charge is 0.363 e. The van der Waals surface area contributed by atoms with Gasteiger partial charge in [0.15, 0.2) is 0 Å². The third kappa shape index (κ3) is 4.13. The van der Waals surface area contributed by atoms with Crippen molar-refractivity contribution < 1.29 is 9.18 Å². The van der Waals surface area contributed by atoms with E-state index in [4.69, 9.17) is 0 Å². The molecule has 3 heterocycles. The Balaban J connectivity index is 1.66. The molecule has 0 bridgehead atoms. The molecule has 154 valence electrons. The Bertz CT molecular complexity index is 871. The number of benzene rings is 1. The van der Waals surface area contributed by atoms with E-state index in [1.807, 2.05) is 36.0 Å². The summed E-state index contributed by atoms with van der Waals surface area (Å²) in [5, 5.41) is 3.68. The van der Waals surface area contributed by atoms with Crippen LogP contribution in [0.15, 0.2) is 42.6 Å². The van der Waals surface area contributed by atoms with Crippen molar-refractivity contribution in [1.29, 1.82) is 0 Å². The number of nitrogens with zero attached hydrogens (tertiary/aromatic N) is 3. The number of hydrogen-bond donors (Lipinski definition) is 1. The van der Waals surface area contributed by atoms with Gasteiger partial charge in [-0.25, -0.2) is 9.37 Å². The standard InChI is InChI=1S/C23H29FN4O/c1-27(2)21-14-17(10-12-25-21)23(29)28-15-19(16-7-6-8-18(24)13-16)22-20(28)9-4-3-5-11-26-22/h6-8,10,12-14,19-20,22,26H,3-5,9,11,15H2,1-2H3/t19-,20+,22-/m0/s1. The molecule has 4 rings (SSSR count). The van der Waals surface area contributed by atoms with E-state index in [9.17, 15) is 9.18 Å². The molecule has 0 saturated carbocycles. The topological polar surface area (TPSA) is 48.5 Å². The van der Waals surface area contributed by atoms with Gasteiger partial charge in [-0.2, -0.15) is 0 Å². The molecule has 0 aliphatic carbocycles. The number of hydrogen-bond acceptors (Lipinski definition) is 4. The second-order valence-electron chi connectivity index (χ2n) is 8.31. The molecule has 1 amide bonds. The van der Waals surface area contributed by atoms with Crippen LogP contribution in [-0.4, -0.2) is 55.1 Å². The highest BCUT2D eigenvalue weighted by atomic mass is 19.1. The summed E-state index contributed by atoms with van der Waals surface area (Å²) < 4.78 is 13.9. The van der Waals surface area contributed by atoms with E-state index >= 15 is 0 Å². The monoisotopic (exact) mass is 396 g/mol. The highest BCUT2D eigenvalue weighted by molar-refractivity contribution is 5.95. The number of pyridine rings is 1. The summed E-state index contributed by atoms with van der Waals surface area (Å²) >= 11 is 0. The lowest BCUT2D eigenvalue weighted by Gasteiger charge is -2.31. The highest BCUT2D eigenvalue weighted by Gasteiger charge is 2.44. The van der Waals surface area contributed by atoms with Crippen LogP contribution in [0.2, 0.25) is 0 Å². The van der Waals surface area contributed by atoms with E-state index < -0.39 is 0 Å². The first-order valence-corrected chi connectivity index (χ1v) is 10.5. The third-order valence-corrected chi connectivity index (χ3v) is 6.19. The van der Waals surface area contributed by atoms with Crippen molar-refractivity contribution in [2.24, 2.45) is 0 Å². The Labute approximate surface area is 171 Å². The number of anilines is 1. The molecule has 2 saturated heterocycles. The minimum Gasteiger partial charge on any atom is -0.363 e. The lowest BCUT2D eigenvalue weighted by atomic mass is 9.88. The molecule has 0 unspecified atom stereocenters. The molecule has 2 aliphatic rings. The van der Waals surface area contributed by atoms with Crippen molar-refractivity contribution in [1.82, 2.24) is 15.2 Å². The number of likely N-dealkylation sites (tertiary alicyclic amines) is 1. The summed E-state index contributed by atoms with van der Waals surface area (Å²) in [5.41, 5.74) is 1.62. The molecule has 1 aromatic heterocycles. The van der Waals surface area contributed by atoms with E-state index in [2.05, 4.69) is 10.3 Å². The van der Waals surface area contributed by atoms with Gasteiger partial charge >= 0.3 is 0 Å². The minimum absolute atomic E-state index is 0.0341. The van der Waals surface area contributed by atoms with Gasteiger partial charge in [0.2, 0.25) is 0 Å². The predicted molar refractivity (Wildman–Crippen MR) is 113 cm³/mol. The Morgan fingerprint density at radius 3 is 2.86 bits per heavy atom. The Kier molecular flexibility index (Phi) is 5.81. The maximum Gasteiger partial charge on any atom is 0.254 e.